The number of benzene rings is 1. The Balaban J connectivity index is 2.16. The second kappa shape index (κ2) is 6.34. The minimum Gasteiger partial charge on any atom is -0.496 e. The molecule has 0 radical (unpaired) electrons. The first-order chi connectivity index (χ1) is 9.13. The molecule has 1 unspecified atom stereocenters. The third kappa shape index (κ3) is 3.45. The maximum atomic E-state index is 13.4. The van der Waals surface area contributed by atoms with E-state index < -0.39 is 5.82 Å². The zero-order valence-electron chi connectivity index (χ0n) is 10.3. The number of halogens is 2. The summed E-state index contributed by atoms with van der Waals surface area (Å²) in [6.45, 7) is 0. The van der Waals surface area contributed by atoms with Crippen LogP contribution in [0.2, 0.25) is 5.02 Å². The predicted octanol–water partition coefficient (Wildman–Crippen LogP) is 3.30. The van der Waals surface area contributed by atoms with Crippen molar-refractivity contribution in [3.05, 3.63) is 50.9 Å². The molecule has 1 heterocycles. The van der Waals surface area contributed by atoms with E-state index in [-0.39, 0.29) is 11.1 Å². The summed E-state index contributed by atoms with van der Waals surface area (Å²) in [6, 6.07) is 6.60. The molecule has 6 heteroatoms. The number of nitrogens with two attached hydrogens (primary N) is 1. The van der Waals surface area contributed by atoms with E-state index in [4.69, 9.17) is 22.2 Å². The van der Waals surface area contributed by atoms with Gasteiger partial charge in [-0.1, -0.05) is 17.7 Å². The normalized spacial score (nSPS) is 12.4. The van der Waals surface area contributed by atoms with Gasteiger partial charge in [-0.25, -0.2) is 4.39 Å². The standard InChI is InChI=1S/C13H14ClFN2OS/c1-18-9-6-13(19-7-9)12(17-16)5-8-2-3-10(14)11(15)4-8/h2-4,6-7,12,17H,5,16H2,1H3. The van der Waals surface area contributed by atoms with Crippen LogP contribution in [0.4, 0.5) is 4.39 Å². The van der Waals surface area contributed by atoms with Crippen LogP contribution in [0.15, 0.2) is 29.6 Å². The molecule has 0 fully saturated rings. The van der Waals surface area contributed by atoms with Gasteiger partial charge < -0.3 is 4.74 Å². The highest BCUT2D eigenvalue weighted by atomic mass is 35.5. The molecule has 102 valence electrons. The van der Waals surface area contributed by atoms with Crippen LogP contribution in [0.1, 0.15) is 16.5 Å². The average Bonchev–Trinajstić information content (AvgIpc) is 2.88. The van der Waals surface area contributed by atoms with Gasteiger partial charge in [-0.15, -0.1) is 11.3 Å². The molecule has 0 bridgehead atoms. The number of rotatable bonds is 5. The third-order valence-corrected chi connectivity index (χ3v) is 4.13. The molecule has 0 saturated heterocycles. The lowest BCUT2D eigenvalue weighted by molar-refractivity contribution is 0.415. The Morgan fingerprint density at radius 2 is 2.26 bits per heavy atom. The van der Waals surface area contributed by atoms with Crippen LogP contribution >= 0.6 is 22.9 Å². The summed E-state index contributed by atoms with van der Waals surface area (Å²) in [7, 11) is 1.62. The summed E-state index contributed by atoms with van der Waals surface area (Å²) in [5, 5.41) is 2.03. The molecule has 0 aliphatic carbocycles. The number of hydrogen-bond acceptors (Lipinski definition) is 4. The van der Waals surface area contributed by atoms with Gasteiger partial charge in [0.05, 0.1) is 18.2 Å². The van der Waals surface area contributed by atoms with E-state index in [0.717, 1.165) is 16.2 Å². The number of methoxy groups -OCH3 is 1. The summed E-state index contributed by atoms with van der Waals surface area (Å²) < 4.78 is 18.5. The highest BCUT2D eigenvalue weighted by molar-refractivity contribution is 7.10. The van der Waals surface area contributed by atoms with E-state index in [0.29, 0.717) is 6.42 Å². The Kier molecular flexibility index (Phi) is 4.76. The van der Waals surface area contributed by atoms with Crippen LogP contribution < -0.4 is 16.0 Å². The predicted molar refractivity (Wildman–Crippen MR) is 76.0 cm³/mol. The molecule has 0 aliphatic heterocycles. The molecule has 0 amide bonds. The summed E-state index contributed by atoms with van der Waals surface area (Å²) in [5.74, 6) is 5.94. The van der Waals surface area contributed by atoms with Gasteiger partial charge in [0.2, 0.25) is 0 Å². The smallest absolute Gasteiger partial charge is 0.142 e. The summed E-state index contributed by atoms with van der Waals surface area (Å²) in [4.78, 5) is 1.04. The molecule has 19 heavy (non-hydrogen) atoms. The monoisotopic (exact) mass is 300 g/mol. The van der Waals surface area contributed by atoms with Crippen LogP contribution in [-0.2, 0) is 6.42 Å². The highest BCUT2D eigenvalue weighted by Crippen LogP contribution is 2.29. The van der Waals surface area contributed by atoms with Crippen molar-refractivity contribution in [2.75, 3.05) is 7.11 Å². The summed E-state index contributed by atoms with van der Waals surface area (Å²) in [6.07, 6.45) is 0.578. The first kappa shape index (κ1) is 14.3. The molecule has 0 saturated carbocycles. The van der Waals surface area contributed by atoms with Crippen molar-refractivity contribution in [3.63, 3.8) is 0 Å². The topological polar surface area (TPSA) is 47.3 Å². The van der Waals surface area contributed by atoms with Crippen molar-refractivity contribution in [3.8, 4) is 5.75 Å². The van der Waals surface area contributed by atoms with Gasteiger partial charge >= 0.3 is 0 Å². The molecule has 3 N–H and O–H groups in total. The van der Waals surface area contributed by atoms with Gasteiger partial charge in [0.25, 0.3) is 0 Å². The van der Waals surface area contributed by atoms with Crippen LogP contribution in [0.3, 0.4) is 0 Å². The van der Waals surface area contributed by atoms with E-state index in [2.05, 4.69) is 5.43 Å². The number of hydrogen-bond donors (Lipinski definition) is 2. The first-order valence-electron chi connectivity index (χ1n) is 5.66. The van der Waals surface area contributed by atoms with Crippen molar-refractivity contribution in [2.24, 2.45) is 5.84 Å². The van der Waals surface area contributed by atoms with Crippen molar-refractivity contribution in [1.82, 2.24) is 5.43 Å². The fraction of sp³-hybridized carbons (Fsp3) is 0.231. The largest absolute Gasteiger partial charge is 0.496 e. The van der Waals surface area contributed by atoms with E-state index >= 15 is 0 Å². The number of hydrazine groups is 1. The molecule has 3 nitrogen and oxygen atoms in total. The lowest BCUT2D eigenvalue weighted by atomic mass is 10.1. The molecule has 1 aromatic carbocycles. The minimum atomic E-state index is -0.418. The zero-order chi connectivity index (χ0) is 13.8. The third-order valence-electron chi connectivity index (χ3n) is 2.80. The van der Waals surface area contributed by atoms with Gasteiger partial charge in [-0.05, 0) is 30.2 Å². The summed E-state index contributed by atoms with van der Waals surface area (Å²) >= 11 is 7.21. The molecule has 2 aromatic rings. The molecule has 1 aromatic heterocycles. The average molecular weight is 301 g/mol. The molecule has 0 aliphatic rings. The van der Waals surface area contributed by atoms with Crippen molar-refractivity contribution < 1.29 is 9.13 Å². The Labute approximate surface area is 120 Å². The van der Waals surface area contributed by atoms with Gasteiger partial charge in [0, 0.05) is 10.3 Å². The van der Waals surface area contributed by atoms with Crippen molar-refractivity contribution >= 4 is 22.9 Å². The molecule has 1 atom stereocenters. The SMILES string of the molecule is COc1csc(C(Cc2ccc(Cl)c(F)c2)NN)c1. The Morgan fingerprint density at radius 1 is 1.47 bits per heavy atom. The molecular weight excluding hydrogens is 287 g/mol. The minimum absolute atomic E-state index is 0.0884. The summed E-state index contributed by atoms with van der Waals surface area (Å²) in [5.41, 5.74) is 3.57. The van der Waals surface area contributed by atoms with Gasteiger partial charge in [-0.2, -0.15) is 0 Å². The first-order valence-corrected chi connectivity index (χ1v) is 6.92. The maximum absolute atomic E-state index is 13.4. The fourth-order valence-electron chi connectivity index (χ4n) is 1.77. The quantitative estimate of drug-likeness (QED) is 0.658. The Hall–Kier alpha value is -1.14. The second-order valence-electron chi connectivity index (χ2n) is 4.06. The molecular formula is C13H14ClFN2OS. The lowest BCUT2D eigenvalue weighted by Crippen LogP contribution is -2.28. The maximum Gasteiger partial charge on any atom is 0.142 e. The number of ether oxygens (including phenoxy) is 1. The highest BCUT2D eigenvalue weighted by Gasteiger charge is 2.14. The van der Waals surface area contributed by atoms with Gasteiger partial charge in [0.15, 0.2) is 0 Å². The van der Waals surface area contributed by atoms with Crippen molar-refractivity contribution in [2.45, 2.75) is 12.5 Å². The lowest BCUT2D eigenvalue weighted by Gasteiger charge is -2.14. The van der Waals surface area contributed by atoms with E-state index in [1.807, 2.05) is 11.4 Å². The zero-order valence-corrected chi connectivity index (χ0v) is 11.9. The van der Waals surface area contributed by atoms with Gasteiger partial charge in [0.1, 0.15) is 11.6 Å². The number of thiophene rings is 1. The molecule has 2 rings (SSSR count). The second-order valence-corrected chi connectivity index (χ2v) is 5.41. The van der Waals surface area contributed by atoms with Crippen LogP contribution in [0.25, 0.3) is 0 Å². The van der Waals surface area contributed by atoms with E-state index in [1.54, 1.807) is 30.6 Å². The molecule has 0 spiro atoms. The van der Waals surface area contributed by atoms with E-state index in [1.165, 1.54) is 6.07 Å². The van der Waals surface area contributed by atoms with Crippen LogP contribution in [0, 0.1) is 5.82 Å². The van der Waals surface area contributed by atoms with Crippen LogP contribution in [0.5, 0.6) is 5.75 Å². The number of nitrogens with one attached hydrogen (secondary N) is 1. The fourth-order valence-corrected chi connectivity index (χ4v) is 2.80. The Bertz CT molecular complexity index is 561. The van der Waals surface area contributed by atoms with Crippen molar-refractivity contribution in [1.29, 1.82) is 0 Å². The Morgan fingerprint density at radius 3 is 2.84 bits per heavy atom. The van der Waals surface area contributed by atoms with Crippen LogP contribution in [-0.4, -0.2) is 7.11 Å². The van der Waals surface area contributed by atoms with E-state index in [9.17, 15) is 4.39 Å². The van der Waals surface area contributed by atoms with Gasteiger partial charge in [-0.3, -0.25) is 11.3 Å².